The minimum Gasteiger partial charge on any atom is -0.353 e. The van der Waals surface area contributed by atoms with Gasteiger partial charge >= 0.3 is 12.2 Å². The second kappa shape index (κ2) is 5.73. The van der Waals surface area contributed by atoms with Gasteiger partial charge in [-0.05, 0) is 18.8 Å². The van der Waals surface area contributed by atoms with Gasteiger partial charge in [-0.1, -0.05) is 13.8 Å². The minimum absolute atomic E-state index is 0.0552. The Hall–Kier alpha value is -1.47. The Morgan fingerprint density at radius 1 is 1.38 bits per heavy atom. The highest BCUT2D eigenvalue weighted by molar-refractivity contribution is 5.88. The topological polar surface area (TPSA) is 61.4 Å². The van der Waals surface area contributed by atoms with E-state index in [1.807, 2.05) is 13.8 Å². The molecule has 2 aliphatic rings. The quantitative estimate of drug-likeness (QED) is 0.812. The Bertz CT molecular complexity index is 419. The van der Waals surface area contributed by atoms with E-state index in [2.05, 4.69) is 10.6 Å². The molecule has 0 bridgehead atoms. The third-order valence-corrected chi connectivity index (χ3v) is 4.08. The van der Waals surface area contributed by atoms with Gasteiger partial charge in [-0.3, -0.25) is 4.79 Å². The zero-order valence-corrected chi connectivity index (χ0v) is 12.0. The number of carbonyl (C=O) groups excluding carboxylic acids is 2. The summed E-state index contributed by atoms with van der Waals surface area (Å²) in [5.74, 6) is -1.60. The summed E-state index contributed by atoms with van der Waals surface area (Å²) < 4.78 is 37.2. The first-order valence-corrected chi connectivity index (χ1v) is 7.11. The van der Waals surface area contributed by atoms with Crippen LogP contribution in [0, 0.1) is 11.8 Å². The molecule has 0 aromatic heterocycles. The predicted molar refractivity (Wildman–Crippen MR) is 69.4 cm³/mol. The van der Waals surface area contributed by atoms with E-state index in [0.717, 1.165) is 0 Å². The van der Waals surface area contributed by atoms with Gasteiger partial charge in [0, 0.05) is 19.1 Å². The van der Waals surface area contributed by atoms with Gasteiger partial charge in [-0.2, -0.15) is 13.2 Å². The second-order valence-electron chi connectivity index (χ2n) is 6.03. The molecule has 5 nitrogen and oxygen atoms in total. The molecule has 1 saturated heterocycles. The van der Waals surface area contributed by atoms with Gasteiger partial charge in [0.15, 0.2) is 0 Å². The average molecular weight is 307 g/mol. The molecule has 2 rings (SSSR count). The summed E-state index contributed by atoms with van der Waals surface area (Å²) in [6.45, 7) is 4.40. The maximum absolute atomic E-state index is 12.4. The SMILES string of the molecule is CC(C)C1C(=O)NCCN1C(=O)NC1CC(C(F)(F)F)C1. The Balaban J connectivity index is 1.90. The highest BCUT2D eigenvalue weighted by atomic mass is 19.4. The van der Waals surface area contributed by atoms with Gasteiger partial charge in [0.05, 0.1) is 5.92 Å². The summed E-state index contributed by atoms with van der Waals surface area (Å²) in [5.41, 5.74) is 0. The van der Waals surface area contributed by atoms with E-state index in [-0.39, 0.29) is 24.7 Å². The highest BCUT2D eigenvalue weighted by Crippen LogP contribution is 2.41. The van der Waals surface area contributed by atoms with Crippen LogP contribution in [0.15, 0.2) is 0 Å². The van der Waals surface area contributed by atoms with Crippen LogP contribution in [0.3, 0.4) is 0 Å². The zero-order chi connectivity index (χ0) is 15.8. The number of hydrogen-bond acceptors (Lipinski definition) is 2. The molecule has 2 fully saturated rings. The molecule has 21 heavy (non-hydrogen) atoms. The lowest BCUT2D eigenvalue weighted by atomic mass is 9.80. The van der Waals surface area contributed by atoms with E-state index in [9.17, 15) is 22.8 Å². The molecule has 120 valence electrons. The van der Waals surface area contributed by atoms with E-state index in [4.69, 9.17) is 0 Å². The molecule has 3 amide bonds. The van der Waals surface area contributed by atoms with Gasteiger partial charge in [-0.25, -0.2) is 4.79 Å². The summed E-state index contributed by atoms with van der Waals surface area (Å²) in [6, 6.07) is -1.48. The number of piperazine rings is 1. The van der Waals surface area contributed by atoms with Crippen molar-refractivity contribution in [1.82, 2.24) is 15.5 Å². The van der Waals surface area contributed by atoms with Crippen LogP contribution in [0.25, 0.3) is 0 Å². The number of nitrogens with zero attached hydrogens (tertiary/aromatic N) is 1. The van der Waals surface area contributed by atoms with Crippen LogP contribution in [0.1, 0.15) is 26.7 Å². The molecule has 0 aromatic carbocycles. The molecular formula is C13H20F3N3O2. The third kappa shape index (κ3) is 3.41. The van der Waals surface area contributed by atoms with Crippen molar-refractivity contribution in [2.24, 2.45) is 11.8 Å². The van der Waals surface area contributed by atoms with E-state index < -0.39 is 30.2 Å². The number of halogens is 3. The number of carbonyl (C=O) groups is 2. The number of rotatable bonds is 2. The first-order valence-electron chi connectivity index (χ1n) is 7.11. The van der Waals surface area contributed by atoms with Crippen LogP contribution < -0.4 is 10.6 Å². The Morgan fingerprint density at radius 3 is 2.52 bits per heavy atom. The van der Waals surface area contributed by atoms with Gasteiger partial charge < -0.3 is 15.5 Å². The van der Waals surface area contributed by atoms with Crippen molar-refractivity contribution in [1.29, 1.82) is 0 Å². The fraction of sp³-hybridized carbons (Fsp3) is 0.846. The first kappa shape index (κ1) is 15.9. The Morgan fingerprint density at radius 2 is 2.00 bits per heavy atom. The number of alkyl halides is 3. The average Bonchev–Trinajstić information content (AvgIpc) is 2.30. The van der Waals surface area contributed by atoms with Crippen LogP contribution >= 0.6 is 0 Å². The molecular weight excluding hydrogens is 287 g/mol. The minimum atomic E-state index is -4.19. The number of hydrogen-bond donors (Lipinski definition) is 2. The van der Waals surface area contributed by atoms with Crippen LogP contribution in [0.2, 0.25) is 0 Å². The summed E-state index contributed by atoms with van der Waals surface area (Å²) in [6.07, 6.45) is -4.35. The molecule has 2 N–H and O–H groups in total. The monoisotopic (exact) mass is 307 g/mol. The Labute approximate surface area is 121 Å². The lowest BCUT2D eigenvalue weighted by Crippen LogP contribution is -2.63. The summed E-state index contributed by atoms with van der Waals surface area (Å²) >= 11 is 0. The highest BCUT2D eigenvalue weighted by Gasteiger charge is 2.48. The molecule has 1 saturated carbocycles. The van der Waals surface area contributed by atoms with Crippen molar-refractivity contribution < 1.29 is 22.8 Å². The molecule has 1 atom stereocenters. The fourth-order valence-corrected chi connectivity index (χ4v) is 2.84. The predicted octanol–water partition coefficient (Wildman–Crippen LogP) is 1.49. The summed E-state index contributed by atoms with van der Waals surface area (Å²) in [5, 5.41) is 5.30. The summed E-state index contributed by atoms with van der Waals surface area (Å²) in [4.78, 5) is 25.4. The zero-order valence-electron chi connectivity index (χ0n) is 12.0. The lowest BCUT2D eigenvalue weighted by molar-refractivity contribution is -0.198. The maximum atomic E-state index is 12.4. The van der Waals surface area contributed by atoms with E-state index in [1.54, 1.807) is 0 Å². The lowest BCUT2D eigenvalue weighted by Gasteiger charge is -2.41. The largest absolute Gasteiger partial charge is 0.391 e. The van der Waals surface area contributed by atoms with Crippen LogP contribution in [0.4, 0.5) is 18.0 Å². The van der Waals surface area contributed by atoms with Crippen molar-refractivity contribution in [3.8, 4) is 0 Å². The molecule has 0 radical (unpaired) electrons. The molecule has 8 heteroatoms. The van der Waals surface area contributed by atoms with Crippen LogP contribution in [-0.4, -0.2) is 48.2 Å². The van der Waals surface area contributed by atoms with Crippen LogP contribution in [0.5, 0.6) is 0 Å². The normalized spacial score (nSPS) is 29.9. The van der Waals surface area contributed by atoms with Gasteiger partial charge in [0.25, 0.3) is 0 Å². The Kier molecular flexibility index (Phi) is 4.34. The number of urea groups is 1. The first-order chi connectivity index (χ1) is 9.70. The van der Waals surface area contributed by atoms with Gasteiger partial charge in [0.2, 0.25) is 5.91 Å². The fourth-order valence-electron chi connectivity index (χ4n) is 2.84. The summed E-state index contributed by atoms with van der Waals surface area (Å²) in [7, 11) is 0. The molecule has 0 spiro atoms. The maximum Gasteiger partial charge on any atom is 0.391 e. The van der Waals surface area contributed by atoms with Crippen molar-refractivity contribution in [3.05, 3.63) is 0 Å². The van der Waals surface area contributed by atoms with Gasteiger partial charge in [-0.15, -0.1) is 0 Å². The molecule has 1 aliphatic heterocycles. The van der Waals surface area contributed by atoms with Crippen LogP contribution in [-0.2, 0) is 4.79 Å². The van der Waals surface area contributed by atoms with Gasteiger partial charge in [0.1, 0.15) is 6.04 Å². The van der Waals surface area contributed by atoms with E-state index in [0.29, 0.717) is 13.1 Å². The third-order valence-electron chi connectivity index (χ3n) is 4.08. The second-order valence-corrected chi connectivity index (χ2v) is 6.03. The molecule has 1 heterocycles. The van der Waals surface area contributed by atoms with Crippen molar-refractivity contribution in [2.75, 3.05) is 13.1 Å². The smallest absolute Gasteiger partial charge is 0.353 e. The van der Waals surface area contributed by atoms with E-state index >= 15 is 0 Å². The molecule has 1 unspecified atom stereocenters. The number of amides is 3. The molecule has 0 aromatic rings. The van der Waals surface area contributed by atoms with Crippen molar-refractivity contribution in [3.63, 3.8) is 0 Å². The number of nitrogens with one attached hydrogen (secondary N) is 2. The van der Waals surface area contributed by atoms with E-state index in [1.165, 1.54) is 4.90 Å². The van der Waals surface area contributed by atoms with Crippen molar-refractivity contribution in [2.45, 2.75) is 44.9 Å². The standard InChI is InChI=1S/C13H20F3N3O2/c1-7(2)10-11(20)17-3-4-19(10)12(21)18-9-5-8(6-9)13(14,15)16/h7-10H,3-6H2,1-2H3,(H,17,20)(H,18,21). The van der Waals surface area contributed by atoms with Crippen molar-refractivity contribution >= 4 is 11.9 Å². The molecule has 1 aliphatic carbocycles.